The summed E-state index contributed by atoms with van der Waals surface area (Å²) in [7, 11) is 0. The highest BCUT2D eigenvalue weighted by molar-refractivity contribution is 6.07. The van der Waals surface area contributed by atoms with Crippen LogP contribution >= 0.6 is 0 Å². The minimum Gasteiger partial charge on any atom is -0.377 e. The van der Waals surface area contributed by atoms with Gasteiger partial charge in [0.05, 0.1) is 25.5 Å². The van der Waals surface area contributed by atoms with Crippen LogP contribution in [0.3, 0.4) is 0 Å². The molecular weight excluding hydrogens is 480 g/mol. The molecule has 10 heteroatoms. The van der Waals surface area contributed by atoms with E-state index in [4.69, 9.17) is 15.1 Å². The van der Waals surface area contributed by atoms with Crippen molar-refractivity contribution >= 4 is 35.3 Å². The van der Waals surface area contributed by atoms with Gasteiger partial charge in [-0.3, -0.25) is 14.9 Å². The van der Waals surface area contributed by atoms with Crippen LogP contribution in [0.5, 0.6) is 0 Å². The third-order valence-electron chi connectivity index (χ3n) is 7.06. The number of carbonyl (C=O) groups excluding carboxylic acids is 1. The van der Waals surface area contributed by atoms with Crippen LogP contribution in [0.4, 0.5) is 23.1 Å². The summed E-state index contributed by atoms with van der Waals surface area (Å²) in [6, 6.07) is 13.7. The molecule has 1 aromatic carbocycles. The SMILES string of the molecule is C[C@@H]1COCCN1c1cc(-c2ccc3c(c2)CCN3C(=O)c2ccncc2)c(C=N)c(Nc2ccn[nH]2)n1. The Kier molecular flexibility index (Phi) is 6.30. The summed E-state index contributed by atoms with van der Waals surface area (Å²) >= 11 is 0. The summed E-state index contributed by atoms with van der Waals surface area (Å²) in [4.78, 5) is 26.1. The average molecular weight is 509 g/mol. The van der Waals surface area contributed by atoms with Gasteiger partial charge in [0.1, 0.15) is 17.5 Å². The molecule has 5 heterocycles. The van der Waals surface area contributed by atoms with Crippen LogP contribution in [-0.2, 0) is 11.2 Å². The van der Waals surface area contributed by atoms with Crippen molar-refractivity contribution in [2.45, 2.75) is 19.4 Å². The molecule has 6 rings (SSSR count). The number of aromatic amines is 1. The smallest absolute Gasteiger partial charge is 0.258 e. The second kappa shape index (κ2) is 10.1. The van der Waals surface area contributed by atoms with Crippen LogP contribution < -0.4 is 15.1 Å². The Balaban J connectivity index is 1.41. The molecule has 0 unspecified atom stereocenters. The number of fused-ring (bicyclic) bond motifs is 1. The van der Waals surface area contributed by atoms with Crippen molar-refractivity contribution in [2.24, 2.45) is 0 Å². The number of aromatic nitrogens is 4. The van der Waals surface area contributed by atoms with Gasteiger partial charge in [-0.2, -0.15) is 5.10 Å². The Hall–Kier alpha value is -4.57. The van der Waals surface area contributed by atoms with E-state index in [1.165, 1.54) is 6.21 Å². The molecule has 0 aliphatic carbocycles. The third kappa shape index (κ3) is 4.39. The summed E-state index contributed by atoms with van der Waals surface area (Å²) in [5.41, 5.74) is 5.17. The second-order valence-corrected chi connectivity index (χ2v) is 9.43. The first-order valence-corrected chi connectivity index (χ1v) is 12.6. The van der Waals surface area contributed by atoms with E-state index >= 15 is 0 Å². The Labute approximate surface area is 220 Å². The van der Waals surface area contributed by atoms with Crippen molar-refractivity contribution in [3.63, 3.8) is 0 Å². The lowest BCUT2D eigenvalue weighted by Crippen LogP contribution is -2.44. The van der Waals surface area contributed by atoms with E-state index in [0.29, 0.717) is 42.5 Å². The number of hydrogen-bond acceptors (Lipinski definition) is 8. The Morgan fingerprint density at radius 2 is 2.03 bits per heavy atom. The normalized spacial score (nSPS) is 16.8. The number of carbonyl (C=O) groups is 1. The largest absolute Gasteiger partial charge is 0.377 e. The number of hydrogen-bond donors (Lipinski definition) is 3. The molecule has 0 saturated carbocycles. The molecule has 0 spiro atoms. The first-order valence-electron chi connectivity index (χ1n) is 12.6. The molecule has 2 aliphatic heterocycles. The molecule has 2 aliphatic rings. The lowest BCUT2D eigenvalue weighted by molar-refractivity contribution is 0.0985. The first-order chi connectivity index (χ1) is 18.6. The summed E-state index contributed by atoms with van der Waals surface area (Å²) < 4.78 is 5.65. The van der Waals surface area contributed by atoms with Crippen molar-refractivity contribution < 1.29 is 9.53 Å². The van der Waals surface area contributed by atoms with Crippen molar-refractivity contribution in [3.05, 3.63) is 77.7 Å². The highest BCUT2D eigenvalue weighted by Crippen LogP contribution is 2.37. The van der Waals surface area contributed by atoms with Gasteiger partial charge in [-0.1, -0.05) is 6.07 Å². The van der Waals surface area contributed by atoms with Crippen molar-refractivity contribution in [3.8, 4) is 11.1 Å². The van der Waals surface area contributed by atoms with Crippen molar-refractivity contribution in [1.82, 2.24) is 20.2 Å². The molecule has 0 radical (unpaired) electrons. The minimum atomic E-state index is -0.0300. The maximum absolute atomic E-state index is 13.1. The van der Waals surface area contributed by atoms with E-state index in [1.807, 2.05) is 23.1 Å². The van der Waals surface area contributed by atoms with Gasteiger partial charge in [0, 0.05) is 54.6 Å². The molecule has 0 bridgehead atoms. The molecule has 1 atom stereocenters. The van der Waals surface area contributed by atoms with Gasteiger partial charge in [0.2, 0.25) is 0 Å². The van der Waals surface area contributed by atoms with Gasteiger partial charge in [0.25, 0.3) is 5.91 Å². The number of amides is 1. The van der Waals surface area contributed by atoms with E-state index in [2.05, 4.69) is 44.5 Å². The maximum atomic E-state index is 13.1. The fraction of sp³-hybridized carbons (Fsp3) is 0.250. The second-order valence-electron chi connectivity index (χ2n) is 9.43. The summed E-state index contributed by atoms with van der Waals surface area (Å²) in [6.07, 6.45) is 7.03. The summed E-state index contributed by atoms with van der Waals surface area (Å²) in [6.45, 7) is 4.75. The highest BCUT2D eigenvalue weighted by Gasteiger charge is 2.27. The number of morpholine rings is 1. The van der Waals surface area contributed by atoms with Gasteiger partial charge >= 0.3 is 0 Å². The Morgan fingerprint density at radius 3 is 2.79 bits per heavy atom. The molecule has 1 amide bonds. The molecule has 38 heavy (non-hydrogen) atoms. The van der Waals surface area contributed by atoms with Crippen LogP contribution in [0, 0.1) is 5.41 Å². The molecule has 192 valence electrons. The standard InChI is InChI=1S/C28H28N8O2/c1-18-17-38-13-12-35(18)26-15-22(23(16-29)27(33-26)32-25-6-10-31-34-25)20-2-3-24-21(14-20)7-11-36(24)28(37)19-4-8-30-9-5-19/h2-6,8-10,14-16,18,29H,7,11-13,17H2,1H3,(H2,31,32,33,34)/t18-/m1/s1. The Morgan fingerprint density at radius 1 is 1.16 bits per heavy atom. The van der Waals surface area contributed by atoms with E-state index in [0.717, 1.165) is 41.2 Å². The van der Waals surface area contributed by atoms with Crippen LogP contribution in [0.2, 0.25) is 0 Å². The minimum absolute atomic E-state index is 0.0300. The molecular formula is C28H28N8O2. The maximum Gasteiger partial charge on any atom is 0.258 e. The van der Waals surface area contributed by atoms with Gasteiger partial charge in [-0.05, 0) is 60.4 Å². The van der Waals surface area contributed by atoms with Gasteiger partial charge in [-0.15, -0.1) is 0 Å². The fourth-order valence-corrected chi connectivity index (χ4v) is 5.12. The number of rotatable bonds is 6. The van der Waals surface area contributed by atoms with Crippen LogP contribution in [-0.4, -0.2) is 64.6 Å². The highest BCUT2D eigenvalue weighted by atomic mass is 16.5. The monoisotopic (exact) mass is 508 g/mol. The zero-order valence-electron chi connectivity index (χ0n) is 21.0. The van der Waals surface area contributed by atoms with E-state index < -0.39 is 0 Å². The number of nitrogens with zero attached hydrogens (tertiary/aromatic N) is 5. The van der Waals surface area contributed by atoms with Crippen LogP contribution in [0.1, 0.15) is 28.4 Å². The van der Waals surface area contributed by atoms with Gasteiger partial charge < -0.3 is 25.3 Å². The van der Waals surface area contributed by atoms with Crippen molar-refractivity contribution in [1.29, 1.82) is 5.41 Å². The molecule has 1 fully saturated rings. The number of benzene rings is 1. The number of pyridine rings is 2. The molecule has 10 nitrogen and oxygen atoms in total. The quantitative estimate of drug-likeness (QED) is 0.336. The predicted molar refractivity (Wildman–Crippen MR) is 147 cm³/mol. The van der Waals surface area contributed by atoms with Gasteiger partial charge in [-0.25, -0.2) is 4.98 Å². The van der Waals surface area contributed by atoms with E-state index in [-0.39, 0.29) is 11.9 Å². The number of H-pyrrole nitrogens is 1. The van der Waals surface area contributed by atoms with Crippen LogP contribution in [0.25, 0.3) is 11.1 Å². The lowest BCUT2D eigenvalue weighted by Gasteiger charge is -2.35. The fourth-order valence-electron chi connectivity index (χ4n) is 5.12. The number of anilines is 4. The predicted octanol–water partition coefficient (Wildman–Crippen LogP) is 4.04. The molecule has 4 aromatic rings. The third-order valence-corrected chi connectivity index (χ3v) is 7.06. The summed E-state index contributed by atoms with van der Waals surface area (Å²) in [5, 5.41) is 18.5. The number of ether oxygens (including phenoxy) is 1. The van der Waals surface area contributed by atoms with Crippen molar-refractivity contribution in [2.75, 3.05) is 41.4 Å². The van der Waals surface area contributed by atoms with E-state index in [9.17, 15) is 4.79 Å². The lowest BCUT2D eigenvalue weighted by atomic mass is 9.97. The Bertz CT molecular complexity index is 1470. The van der Waals surface area contributed by atoms with Gasteiger partial charge in [0.15, 0.2) is 0 Å². The topological polar surface area (TPSA) is 123 Å². The summed E-state index contributed by atoms with van der Waals surface area (Å²) in [5.74, 6) is 2.06. The molecule has 1 saturated heterocycles. The molecule has 3 N–H and O–H groups in total. The number of nitrogens with one attached hydrogen (secondary N) is 3. The zero-order chi connectivity index (χ0) is 26.1. The zero-order valence-corrected chi connectivity index (χ0v) is 21.0. The first kappa shape index (κ1) is 23.8. The van der Waals surface area contributed by atoms with E-state index in [1.54, 1.807) is 30.7 Å². The van der Waals surface area contributed by atoms with Crippen LogP contribution in [0.15, 0.2) is 61.1 Å². The average Bonchev–Trinajstić information content (AvgIpc) is 3.62. The molecule has 3 aromatic heterocycles.